The topological polar surface area (TPSA) is 68.3 Å². The van der Waals surface area contributed by atoms with E-state index in [-0.39, 0.29) is 12.0 Å². The number of allylic oxidation sites excluding steroid dienone is 1. The Bertz CT molecular complexity index is 371. The number of halogens is 4. The molecule has 8 heteroatoms. The maximum atomic E-state index is 10.4. The van der Waals surface area contributed by atoms with Gasteiger partial charge in [-0.25, -0.2) is 0 Å². The lowest BCUT2D eigenvalue weighted by Crippen LogP contribution is -2.26. The molecule has 0 unspecified atom stereocenters. The van der Waals surface area contributed by atoms with Crippen molar-refractivity contribution in [3.05, 3.63) is 12.2 Å². The molecular weight excluding hydrogens is 326 g/mol. The van der Waals surface area contributed by atoms with Gasteiger partial charge in [0.2, 0.25) is 21.0 Å². The van der Waals surface area contributed by atoms with Crippen LogP contribution in [0.2, 0.25) is 0 Å². The van der Waals surface area contributed by atoms with Crippen molar-refractivity contribution in [1.82, 2.24) is 0 Å². The van der Waals surface area contributed by atoms with Crippen LogP contribution in [0.4, 0.5) is 0 Å². The van der Waals surface area contributed by atoms with Gasteiger partial charge in [-0.2, -0.15) is 0 Å². The number of rotatable bonds is 5. The summed E-state index contributed by atoms with van der Waals surface area (Å²) >= 11 is 19.9. The summed E-state index contributed by atoms with van der Waals surface area (Å²) in [5, 5.41) is -2.82. The summed E-state index contributed by atoms with van der Waals surface area (Å²) in [6.45, 7) is 5.95. The summed E-state index contributed by atoms with van der Waals surface area (Å²) in [7, 11) is 0. The van der Waals surface area contributed by atoms with E-state index >= 15 is 0 Å². The van der Waals surface area contributed by atoms with Gasteiger partial charge < -0.3 is 0 Å². The van der Waals surface area contributed by atoms with E-state index in [1.807, 2.05) is 0 Å². The Morgan fingerprint density at radius 3 is 1.33 bits per heavy atom. The molecule has 0 atom stereocenters. The number of carbonyl (C=O) groups is 4. The highest BCUT2D eigenvalue weighted by Crippen LogP contribution is 2.21. The van der Waals surface area contributed by atoms with Crippen molar-refractivity contribution in [2.75, 3.05) is 0 Å². The van der Waals surface area contributed by atoms with Gasteiger partial charge in [0.15, 0.2) is 0 Å². The van der Waals surface area contributed by atoms with Crippen molar-refractivity contribution in [2.45, 2.75) is 20.3 Å². The predicted molar refractivity (Wildman–Crippen MR) is 71.0 cm³/mol. The van der Waals surface area contributed by atoms with E-state index < -0.39 is 26.4 Å². The Kier molecular flexibility index (Phi) is 9.56. The van der Waals surface area contributed by atoms with Gasteiger partial charge >= 0.3 is 0 Å². The van der Waals surface area contributed by atoms with Crippen LogP contribution in [0, 0.1) is 5.41 Å². The zero-order valence-electron chi connectivity index (χ0n) is 9.56. The highest BCUT2D eigenvalue weighted by Gasteiger charge is 2.32. The molecule has 0 aliphatic heterocycles. The molecule has 0 bridgehead atoms. The Morgan fingerprint density at radius 1 is 0.944 bits per heavy atom. The summed E-state index contributed by atoms with van der Waals surface area (Å²) in [4.78, 5) is 40.9. The molecule has 0 amide bonds. The molecule has 0 aromatic rings. The lowest BCUT2D eigenvalue weighted by Gasteiger charge is -2.11. The van der Waals surface area contributed by atoms with Gasteiger partial charge in [-0.15, -0.1) is 0 Å². The number of carbonyl (C=O) groups excluding carboxylic acids is 4. The smallest absolute Gasteiger partial charge is 0.248 e. The van der Waals surface area contributed by atoms with E-state index in [4.69, 9.17) is 46.4 Å². The van der Waals surface area contributed by atoms with Gasteiger partial charge in [-0.1, -0.05) is 6.58 Å². The molecule has 0 radical (unpaired) electrons. The summed E-state index contributed by atoms with van der Waals surface area (Å²) in [6, 6.07) is 0. The molecule has 0 spiro atoms. The van der Waals surface area contributed by atoms with Crippen LogP contribution in [0.5, 0.6) is 0 Å². The average Bonchev–Trinajstić information content (AvgIpc) is 2.16. The molecule has 18 heavy (non-hydrogen) atoms. The third-order valence-electron chi connectivity index (χ3n) is 1.61. The Morgan fingerprint density at radius 2 is 1.28 bits per heavy atom. The van der Waals surface area contributed by atoms with Crippen molar-refractivity contribution >= 4 is 67.4 Å². The van der Waals surface area contributed by atoms with Crippen LogP contribution in [0.25, 0.3) is 0 Å². The minimum Gasteiger partial charge on any atom is -0.281 e. The fraction of sp³-hybridized carbons (Fsp3) is 0.400. The van der Waals surface area contributed by atoms with Crippen molar-refractivity contribution in [1.29, 1.82) is 0 Å². The summed E-state index contributed by atoms with van der Waals surface area (Å²) in [6.07, 6.45) is -0.177. The molecule has 0 fully saturated rings. The van der Waals surface area contributed by atoms with Gasteiger partial charge in [0.1, 0.15) is 5.41 Å². The Labute approximate surface area is 124 Å². The molecule has 0 heterocycles. The molecule has 0 aliphatic rings. The molecule has 0 aromatic carbocycles. The van der Waals surface area contributed by atoms with Crippen molar-refractivity contribution < 1.29 is 19.2 Å². The van der Waals surface area contributed by atoms with E-state index in [2.05, 4.69) is 6.58 Å². The predicted octanol–water partition coefficient (Wildman–Crippen LogP) is 3.01. The highest BCUT2D eigenvalue weighted by molar-refractivity contribution is 6.74. The van der Waals surface area contributed by atoms with Gasteiger partial charge in [-0.3, -0.25) is 19.2 Å². The van der Waals surface area contributed by atoms with Crippen molar-refractivity contribution in [2.24, 2.45) is 5.41 Å². The van der Waals surface area contributed by atoms with Gasteiger partial charge in [-0.05, 0) is 60.3 Å². The fourth-order valence-electron chi connectivity index (χ4n) is 0.315. The molecule has 0 N–H and O–H groups in total. The molecule has 4 nitrogen and oxygen atoms in total. The molecular formula is C10H10Cl4O4. The van der Waals surface area contributed by atoms with Gasteiger partial charge in [0.25, 0.3) is 0 Å². The van der Waals surface area contributed by atoms with Crippen LogP contribution in [0.3, 0.4) is 0 Å². The van der Waals surface area contributed by atoms with E-state index in [1.165, 1.54) is 13.8 Å². The Hall–Kier alpha value is -0.420. The lowest BCUT2D eigenvalue weighted by atomic mass is 9.98. The van der Waals surface area contributed by atoms with Crippen LogP contribution in [0.15, 0.2) is 12.2 Å². The summed E-state index contributed by atoms with van der Waals surface area (Å²) < 4.78 is 0. The Balaban J connectivity index is 0. The van der Waals surface area contributed by atoms with E-state index in [1.54, 1.807) is 0 Å². The standard InChI is InChI=1S/C5H6Cl2O2.C5H4Cl2O2/c1-5(2,3(6)8)4(7)9;1-3(5(7)9)2-4(6)8/h1-2H3;1-2H2. The molecule has 0 rings (SSSR count). The fourth-order valence-corrected chi connectivity index (χ4v) is 0.763. The third-order valence-corrected chi connectivity index (χ3v) is 2.96. The summed E-state index contributed by atoms with van der Waals surface area (Å²) in [5.41, 5.74) is -1.22. The SMILES string of the molecule is C=C(CC(=O)Cl)C(=O)Cl.CC(C)(C(=O)Cl)C(=O)Cl. The van der Waals surface area contributed by atoms with Gasteiger partial charge in [0, 0.05) is 5.57 Å². The molecule has 0 saturated carbocycles. The molecule has 102 valence electrons. The second kappa shape index (κ2) is 8.64. The van der Waals surface area contributed by atoms with E-state index in [9.17, 15) is 19.2 Å². The molecule has 0 saturated heterocycles. The normalized spacial score (nSPS) is 9.89. The minimum atomic E-state index is -1.25. The van der Waals surface area contributed by atoms with Crippen LogP contribution < -0.4 is 0 Å². The van der Waals surface area contributed by atoms with Crippen LogP contribution in [-0.4, -0.2) is 21.0 Å². The quantitative estimate of drug-likeness (QED) is 0.440. The third kappa shape index (κ3) is 8.64. The monoisotopic (exact) mass is 334 g/mol. The average molecular weight is 336 g/mol. The first-order valence-corrected chi connectivity index (χ1v) is 5.89. The molecule has 0 aliphatic carbocycles. The van der Waals surface area contributed by atoms with Crippen LogP contribution >= 0.6 is 46.4 Å². The van der Waals surface area contributed by atoms with Gasteiger partial charge in [0.05, 0.1) is 6.42 Å². The minimum absolute atomic E-state index is 0.0247. The molecule has 0 aromatic heterocycles. The zero-order valence-corrected chi connectivity index (χ0v) is 12.6. The summed E-state index contributed by atoms with van der Waals surface area (Å²) in [5.74, 6) is 0. The van der Waals surface area contributed by atoms with Crippen LogP contribution in [-0.2, 0) is 19.2 Å². The maximum absolute atomic E-state index is 10.4. The maximum Gasteiger partial charge on any atom is 0.248 e. The second-order valence-corrected chi connectivity index (χ2v) is 5.03. The van der Waals surface area contributed by atoms with Crippen molar-refractivity contribution in [3.63, 3.8) is 0 Å². The first-order valence-electron chi connectivity index (χ1n) is 4.38. The van der Waals surface area contributed by atoms with Crippen molar-refractivity contribution in [3.8, 4) is 0 Å². The van der Waals surface area contributed by atoms with E-state index in [0.29, 0.717) is 0 Å². The van der Waals surface area contributed by atoms with Crippen LogP contribution in [0.1, 0.15) is 20.3 Å². The highest BCUT2D eigenvalue weighted by atomic mass is 35.5. The number of hydrogen-bond donors (Lipinski definition) is 0. The second-order valence-electron chi connectivity index (χ2n) is 3.58. The first kappa shape index (κ1) is 19.9. The zero-order chi connectivity index (χ0) is 15.1. The first-order chi connectivity index (χ1) is 7.92. The number of hydrogen-bond acceptors (Lipinski definition) is 4. The van der Waals surface area contributed by atoms with E-state index in [0.717, 1.165) is 0 Å². The largest absolute Gasteiger partial charge is 0.281 e. The lowest BCUT2D eigenvalue weighted by molar-refractivity contribution is -0.129.